The molecule has 0 saturated heterocycles. The molecular weight excluding hydrogens is 458 g/mol. The van der Waals surface area contributed by atoms with Gasteiger partial charge in [0, 0.05) is 17.8 Å². The molecule has 180 valence electrons. The topological polar surface area (TPSA) is 57.8 Å². The third-order valence-electron chi connectivity index (χ3n) is 6.61. The van der Waals surface area contributed by atoms with Crippen molar-refractivity contribution >= 4 is 0 Å². The highest BCUT2D eigenvalue weighted by atomic mass is 16.5. The molecule has 0 radical (unpaired) electrons. The van der Waals surface area contributed by atoms with Crippen LogP contribution in [0.1, 0.15) is 16.7 Å². The smallest absolute Gasteiger partial charge is 0.213 e. The van der Waals surface area contributed by atoms with Gasteiger partial charge in [-0.3, -0.25) is 4.68 Å². The molecule has 0 spiro atoms. The van der Waals surface area contributed by atoms with Gasteiger partial charge < -0.3 is 4.74 Å². The van der Waals surface area contributed by atoms with Crippen molar-refractivity contribution in [3.8, 4) is 22.8 Å². The van der Waals surface area contributed by atoms with E-state index in [9.17, 15) is 0 Å². The molecule has 0 aliphatic rings. The minimum Gasteiger partial charge on any atom is -0.481 e. The summed E-state index contributed by atoms with van der Waals surface area (Å²) >= 11 is 0. The summed E-state index contributed by atoms with van der Waals surface area (Å²) < 4.78 is 9.14. The largest absolute Gasteiger partial charge is 0.481 e. The second-order valence-corrected chi connectivity index (χ2v) is 8.67. The Labute approximate surface area is 215 Å². The Morgan fingerprint density at radius 1 is 0.649 bits per heavy atom. The first-order chi connectivity index (χ1) is 18.3. The van der Waals surface area contributed by atoms with Crippen LogP contribution in [0.5, 0.6) is 5.88 Å². The Hall–Kier alpha value is -4.97. The van der Waals surface area contributed by atoms with E-state index in [0.29, 0.717) is 5.88 Å². The molecular formula is C31H25N5O. The fourth-order valence-corrected chi connectivity index (χ4v) is 4.92. The number of aromatic nitrogens is 5. The summed E-state index contributed by atoms with van der Waals surface area (Å²) in [7, 11) is 1.61. The van der Waals surface area contributed by atoms with Crippen LogP contribution in [-0.2, 0) is 5.54 Å². The second kappa shape index (κ2) is 9.59. The molecule has 0 bridgehead atoms. The average Bonchev–Trinajstić information content (AvgIpc) is 3.66. The van der Waals surface area contributed by atoms with Crippen molar-refractivity contribution in [1.29, 1.82) is 0 Å². The van der Waals surface area contributed by atoms with E-state index in [1.807, 2.05) is 47.3 Å². The molecule has 0 aliphatic heterocycles. The van der Waals surface area contributed by atoms with Crippen molar-refractivity contribution in [3.63, 3.8) is 0 Å². The SMILES string of the molecule is COc1ccc(-n2nccc2-c2cnn(C(c3ccccc3)(c3ccccc3)c3ccccc3)c2)cn1. The van der Waals surface area contributed by atoms with E-state index in [0.717, 1.165) is 33.6 Å². The standard InChI is InChI=1S/C31H25N5O/c1-37-30-18-17-28(22-32-30)36-29(19-20-33-36)24-21-34-35(23-24)31(25-11-5-2-6-12-25,26-13-7-3-8-14-26)27-15-9-4-10-16-27/h2-23H,1H3. The number of hydrogen-bond donors (Lipinski definition) is 0. The van der Waals surface area contributed by atoms with Gasteiger partial charge in [-0.05, 0) is 28.8 Å². The maximum absolute atomic E-state index is 5.21. The summed E-state index contributed by atoms with van der Waals surface area (Å²) in [5.74, 6) is 0.559. The molecule has 6 rings (SSSR count). The molecule has 6 aromatic rings. The molecule has 3 heterocycles. The molecule has 3 aromatic carbocycles. The van der Waals surface area contributed by atoms with Crippen molar-refractivity contribution in [1.82, 2.24) is 24.5 Å². The lowest BCUT2D eigenvalue weighted by Crippen LogP contribution is -2.38. The first-order valence-electron chi connectivity index (χ1n) is 12.1. The van der Waals surface area contributed by atoms with Gasteiger partial charge in [-0.1, -0.05) is 91.0 Å². The zero-order chi connectivity index (χ0) is 25.1. The van der Waals surface area contributed by atoms with Crippen LogP contribution in [0.2, 0.25) is 0 Å². The molecule has 3 aromatic heterocycles. The lowest BCUT2D eigenvalue weighted by Gasteiger charge is -2.36. The molecule has 6 heteroatoms. The number of benzene rings is 3. The average molecular weight is 484 g/mol. The Bertz CT molecular complexity index is 1490. The lowest BCUT2D eigenvalue weighted by atomic mass is 9.77. The maximum atomic E-state index is 5.21. The molecule has 0 aliphatic carbocycles. The summed E-state index contributed by atoms with van der Waals surface area (Å²) in [6.07, 6.45) is 7.53. The quantitative estimate of drug-likeness (QED) is 0.262. The van der Waals surface area contributed by atoms with Crippen LogP contribution in [-0.4, -0.2) is 31.7 Å². The van der Waals surface area contributed by atoms with Gasteiger partial charge in [0.15, 0.2) is 0 Å². The van der Waals surface area contributed by atoms with E-state index in [4.69, 9.17) is 9.84 Å². The Kier molecular flexibility index (Phi) is 5.83. The normalized spacial score (nSPS) is 11.4. The minimum atomic E-state index is -0.672. The van der Waals surface area contributed by atoms with Gasteiger partial charge in [0.1, 0.15) is 5.54 Å². The first kappa shape index (κ1) is 22.5. The van der Waals surface area contributed by atoms with Crippen molar-refractivity contribution in [2.45, 2.75) is 5.54 Å². The third kappa shape index (κ3) is 3.89. The number of nitrogens with zero attached hydrogens (tertiary/aromatic N) is 5. The zero-order valence-electron chi connectivity index (χ0n) is 20.3. The number of ether oxygens (including phenoxy) is 1. The Morgan fingerprint density at radius 2 is 1.24 bits per heavy atom. The highest BCUT2D eigenvalue weighted by Crippen LogP contribution is 2.41. The molecule has 6 nitrogen and oxygen atoms in total. The fourth-order valence-electron chi connectivity index (χ4n) is 4.92. The van der Waals surface area contributed by atoms with Gasteiger partial charge >= 0.3 is 0 Å². The van der Waals surface area contributed by atoms with Gasteiger partial charge in [-0.15, -0.1) is 0 Å². The summed E-state index contributed by atoms with van der Waals surface area (Å²) in [5, 5.41) is 9.54. The van der Waals surface area contributed by atoms with Crippen molar-refractivity contribution in [3.05, 3.63) is 151 Å². The summed E-state index contributed by atoms with van der Waals surface area (Å²) in [5.41, 5.74) is 5.39. The predicted molar refractivity (Wildman–Crippen MR) is 144 cm³/mol. The van der Waals surface area contributed by atoms with Gasteiger partial charge in [0.25, 0.3) is 0 Å². The summed E-state index contributed by atoms with van der Waals surface area (Å²) in [6, 6.07) is 37.3. The van der Waals surface area contributed by atoms with Gasteiger partial charge in [-0.2, -0.15) is 10.2 Å². The van der Waals surface area contributed by atoms with Crippen LogP contribution < -0.4 is 4.74 Å². The lowest BCUT2D eigenvalue weighted by molar-refractivity contribution is 0.397. The van der Waals surface area contributed by atoms with E-state index in [-0.39, 0.29) is 0 Å². The molecule has 0 saturated carbocycles. The molecule has 0 N–H and O–H groups in total. The number of methoxy groups -OCH3 is 1. The summed E-state index contributed by atoms with van der Waals surface area (Å²) in [4.78, 5) is 4.35. The van der Waals surface area contributed by atoms with Gasteiger partial charge in [0.05, 0.1) is 37.1 Å². The van der Waals surface area contributed by atoms with Crippen LogP contribution in [0, 0.1) is 0 Å². The van der Waals surface area contributed by atoms with Crippen LogP contribution >= 0.6 is 0 Å². The monoisotopic (exact) mass is 483 g/mol. The second-order valence-electron chi connectivity index (χ2n) is 8.67. The van der Waals surface area contributed by atoms with Crippen molar-refractivity contribution < 1.29 is 4.74 Å². The fraction of sp³-hybridized carbons (Fsp3) is 0.0645. The van der Waals surface area contributed by atoms with Gasteiger partial charge in [-0.25, -0.2) is 9.67 Å². The van der Waals surface area contributed by atoms with Crippen molar-refractivity contribution in [2.24, 2.45) is 0 Å². The number of rotatable bonds is 7. The minimum absolute atomic E-state index is 0.559. The molecule has 0 unspecified atom stereocenters. The predicted octanol–water partition coefficient (Wildman–Crippen LogP) is 5.98. The van der Waals surface area contributed by atoms with Crippen molar-refractivity contribution in [2.75, 3.05) is 7.11 Å². The Morgan fingerprint density at radius 3 is 1.76 bits per heavy atom. The van der Waals surface area contributed by atoms with E-state index in [1.165, 1.54) is 0 Å². The van der Waals surface area contributed by atoms with Crippen LogP contribution in [0.25, 0.3) is 16.9 Å². The van der Waals surface area contributed by atoms with E-state index >= 15 is 0 Å². The number of pyridine rings is 1. The third-order valence-corrected chi connectivity index (χ3v) is 6.61. The van der Waals surface area contributed by atoms with E-state index < -0.39 is 5.54 Å². The maximum Gasteiger partial charge on any atom is 0.213 e. The molecule has 37 heavy (non-hydrogen) atoms. The highest BCUT2D eigenvalue weighted by molar-refractivity contribution is 5.61. The van der Waals surface area contributed by atoms with Crippen LogP contribution in [0.4, 0.5) is 0 Å². The van der Waals surface area contributed by atoms with Crippen LogP contribution in [0.15, 0.2) is 134 Å². The molecule has 0 atom stereocenters. The zero-order valence-corrected chi connectivity index (χ0v) is 20.3. The Balaban J connectivity index is 1.55. The number of hydrogen-bond acceptors (Lipinski definition) is 4. The van der Waals surface area contributed by atoms with E-state index in [2.05, 4.69) is 93.8 Å². The van der Waals surface area contributed by atoms with E-state index in [1.54, 1.807) is 19.5 Å². The first-order valence-corrected chi connectivity index (χ1v) is 12.1. The van der Waals surface area contributed by atoms with Crippen LogP contribution in [0.3, 0.4) is 0 Å². The highest BCUT2D eigenvalue weighted by Gasteiger charge is 2.39. The van der Waals surface area contributed by atoms with Gasteiger partial charge in [0.2, 0.25) is 5.88 Å². The molecule has 0 amide bonds. The molecule has 0 fully saturated rings. The summed E-state index contributed by atoms with van der Waals surface area (Å²) in [6.45, 7) is 0.